The molecule has 4 atom stereocenters. The van der Waals surface area contributed by atoms with Crippen molar-refractivity contribution in [3.63, 3.8) is 0 Å². The summed E-state index contributed by atoms with van der Waals surface area (Å²) < 4.78 is 103. The molecule has 0 aromatic heterocycles. The molecule has 3 fully saturated rings. The summed E-state index contributed by atoms with van der Waals surface area (Å²) in [6.07, 6.45) is -15.5. The second-order valence-corrected chi connectivity index (χ2v) is 8.82. The summed E-state index contributed by atoms with van der Waals surface area (Å²) >= 11 is 0. The maximum Gasteiger partial charge on any atom is 0.364 e. The Hall–Kier alpha value is -0.570. The van der Waals surface area contributed by atoms with Crippen LogP contribution in [0.15, 0.2) is 0 Å². The van der Waals surface area contributed by atoms with E-state index in [0.717, 1.165) is 25.7 Å². The monoisotopic (exact) mass is 420 g/mol. The molecule has 2 nitrogen and oxygen atoms in total. The Balaban J connectivity index is 1.61. The molecule has 0 spiro atoms. The Kier molecular flexibility index (Phi) is 6.84. The average Bonchev–Trinajstić information content (AvgIpc) is 2.59. The molecule has 0 bridgehead atoms. The first kappa shape index (κ1) is 22.1. The maximum absolute atomic E-state index is 14.6. The van der Waals surface area contributed by atoms with E-state index in [1.54, 1.807) is 0 Å². The SMILES string of the molecule is [NH3+]C1CCC(C2CC(F)C(C(F)(F)OC3CC(F)C(F)C(F)C3)C(F)C2)CC1. The van der Waals surface area contributed by atoms with Crippen molar-refractivity contribution in [2.75, 3.05) is 0 Å². The molecule has 0 aromatic rings. The number of hydrogen-bond donors (Lipinski definition) is 1. The van der Waals surface area contributed by atoms with Crippen LogP contribution in [0.2, 0.25) is 0 Å². The van der Waals surface area contributed by atoms with Crippen molar-refractivity contribution in [2.24, 2.45) is 17.8 Å². The fourth-order valence-corrected chi connectivity index (χ4v) is 5.14. The van der Waals surface area contributed by atoms with Gasteiger partial charge in [0.2, 0.25) is 0 Å². The lowest BCUT2D eigenvalue weighted by atomic mass is 9.68. The van der Waals surface area contributed by atoms with Gasteiger partial charge in [0.25, 0.3) is 0 Å². The highest BCUT2D eigenvalue weighted by Crippen LogP contribution is 2.48. The van der Waals surface area contributed by atoms with Crippen molar-refractivity contribution >= 4 is 0 Å². The third-order valence-corrected chi connectivity index (χ3v) is 6.77. The third-order valence-electron chi connectivity index (χ3n) is 6.77. The summed E-state index contributed by atoms with van der Waals surface area (Å²) in [5.41, 5.74) is 3.98. The second kappa shape index (κ2) is 8.66. The summed E-state index contributed by atoms with van der Waals surface area (Å²) in [4.78, 5) is 0. The van der Waals surface area contributed by atoms with E-state index in [1.807, 2.05) is 0 Å². The van der Waals surface area contributed by atoms with Crippen LogP contribution in [-0.2, 0) is 4.74 Å². The number of rotatable bonds is 4. The minimum absolute atomic E-state index is 0.101. The fraction of sp³-hybridized carbons (Fsp3) is 1.00. The third kappa shape index (κ3) is 4.77. The minimum atomic E-state index is -4.21. The highest BCUT2D eigenvalue weighted by atomic mass is 19.3. The standard InChI is InChI=1S/C19H28F7NO/c20-13-5-10(9-1-3-11(27)4-2-9)6-14(21)17(13)19(25,26)28-12-7-15(22)18(24)16(23)8-12/h9-18H,1-8,27H2/p+1. The summed E-state index contributed by atoms with van der Waals surface area (Å²) in [5, 5.41) is 0. The van der Waals surface area contributed by atoms with Crippen molar-refractivity contribution < 1.29 is 41.2 Å². The second-order valence-electron chi connectivity index (χ2n) is 8.82. The molecule has 3 aliphatic rings. The van der Waals surface area contributed by atoms with Crippen LogP contribution in [0.1, 0.15) is 51.4 Å². The van der Waals surface area contributed by atoms with Gasteiger partial charge in [-0.05, 0) is 50.4 Å². The molecule has 4 unspecified atom stereocenters. The first-order valence-electron chi connectivity index (χ1n) is 10.2. The van der Waals surface area contributed by atoms with Crippen LogP contribution in [0.3, 0.4) is 0 Å². The predicted octanol–water partition coefficient (Wildman–Crippen LogP) is 4.28. The molecular weight excluding hydrogens is 391 g/mol. The lowest BCUT2D eigenvalue weighted by Gasteiger charge is -2.43. The van der Waals surface area contributed by atoms with Gasteiger partial charge in [-0.2, -0.15) is 8.78 Å². The summed E-state index contributed by atoms with van der Waals surface area (Å²) in [6.45, 7) is 0. The van der Waals surface area contributed by atoms with Crippen molar-refractivity contribution in [1.82, 2.24) is 0 Å². The molecule has 28 heavy (non-hydrogen) atoms. The van der Waals surface area contributed by atoms with Crippen LogP contribution in [0.4, 0.5) is 30.7 Å². The summed E-state index contributed by atoms with van der Waals surface area (Å²) in [6, 6.07) is 0.325. The topological polar surface area (TPSA) is 36.9 Å². The molecule has 0 radical (unpaired) electrons. The molecule has 3 saturated carbocycles. The van der Waals surface area contributed by atoms with Crippen LogP contribution < -0.4 is 5.73 Å². The van der Waals surface area contributed by atoms with Crippen LogP contribution in [-0.4, -0.2) is 49.1 Å². The molecule has 0 heterocycles. The van der Waals surface area contributed by atoms with Crippen LogP contribution in [0, 0.1) is 17.8 Å². The highest BCUT2D eigenvalue weighted by molar-refractivity contribution is 4.95. The van der Waals surface area contributed by atoms with E-state index in [9.17, 15) is 30.7 Å². The minimum Gasteiger partial charge on any atom is -0.355 e. The smallest absolute Gasteiger partial charge is 0.355 e. The van der Waals surface area contributed by atoms with Gasteiger partial charge in [-0.3, -0.25) is 0 Å². The number of alkyl halides is 7. The van der Waals surface area contributed by atoms with E-state index in [4.69, 9.17) is 0 Å². The number of halogens is 7. The lowest BCUT2D eigenvalue weighted by molar-refractivity contribution is -0.427. The van der Waals surface area contributed by atoms with E-state index in [2.05, 4.69) is 10.5 Å². The Morgan fingerprint density at radius 3 is 1.68 bits per heavy atom. The zero-order valence-corrected chi connectivity index (χ0v) is 15.7. The fourth-order valence-electron chi connectivity index (χ4n) is 5.14. The van der Waals surface area contributed by atoms with Gasteiger partial charge < -0.3 is 10.5 Å². The van der Waals surface area contributed by atoms with Crippen LogP contribution in [0.25, 0.3) is 0 Å². The van der Waals surface area contributed by atoms with Crippen molar-refractivity contribution in [3.8, 4) is 0 Å². The zero-order chi connectivity index (χ0) is 20.6. The molecule has 164 valence electrons. The van der Waals surface area contributed by atoms with Gasteiger partial charge in [0.15, 0.2) is 6.17 Å². The van der Waals surface area contributed by atoms with Gasteiger partial charge in [0.1, 0.15) is 30.6 Å². The Morgan fingerprint density at radius 1 is 0.679 bits per heavy atom. The first-order chi connectivity index (χ1) is 13.1. The van der Waals surface area contributed by atoms with E-state index in [1.165, 1.54) is 0 Å². The van der Waals surface area contributed by atoms with Crippen LogP contribution >= 0.6 is 0 Å². The quantitative estimate of drug-likeness (QED) is 0.678. The van der Waals surface area contributed by atoms with Crippen LogP contribution in [0.5, 0.6) is 0 Å². The van der Waals surface area contributed by atoms with Gasteiger partial charge in [-0.1, -0.05) is 0 Å². The van der Waals surface area contributed by atoms with E-state index < -0.39 is 61.8 Å². The Bertz CT molecular complexity index is 493. The Morgan fingerprint density at radius 2 is 1.18 bits per heavy atom. The van der Waals surface area contributed by atoms with E-state index in [0.29, 0.717) is 6.04 Å². The molecule has 3 aliphatic carbocycles. The molecule has 9 heteroatoms. The van der Waals surface area contributed by atoms with Gasteiger partial charge in [0.05, 0.1) is 12.1 Å². The lowest BCUT2D eigenvalue weighted by Crippen LogP contribution is -2.62. The molecule has 0 aromatic carbocycles. The van der Waals surface area contributed by atoms with E-state index >= 15 is 0 Å². The molecule has 3 rings (SSSR count). The Labute approximate surface area is 160 Å². The van der Waals surface area contributed by atoms with Gasteiger partial charge in [-0.25, -0.2) is 22.0 Å². The van der Waals surface area contributed by atoms with Crippen molar-refractivity contribution in [3.05, 3.63) is 0 Å². The largest absolute Gasteiger partial charge is 0.364 e. The first-order valence-corrected chi connectivity index (χ1v) is 10.2. The molecule has 0 amide bonds. The predicted molar refractivity (Wildman–Crippen MR) is 88.4 cm³/mol. The van der Waals surface area contributed by atoms with E-state index in [-0.39, 0.29) is 24.7 Å². The van der Waals surface area contributed by atoms with Gasteiger partial charge in [0, 0.05) is 12.8 Å². The zero-order valence-electron chi connectivity index (χ0n) is 15.7. The number of ether oxygens (including phenoxy) is 1. The molecule has 0 aliphatic heterocycles. The van der Waals surface area contributed by atoms with Gasteiger partial charge >= 0.3 is 6.11 Å². The molecular formula is C19H29F7NO+. The highest BCUT2D eigenvalue weighted by Gasteiger charge is 2.56. The van der Waals surface area contributed by atoms with Gasteiger partial charge in [-0.15, -0.1) is 0 Å². The normalized spacial score (nSPS) is 48.4. The molecule has 0 saturated heterocycles. The van der Waals surface area contributed by atoms with Crippen molar-refractivity contribution in [2.45, 2.75) is 100 Å². The number of quaternary nitrogens is 1. The maximum atomic E-state index is 14.6. The summed E-state index contributed by atoms with van der Waals surface area (Å²) in [7, 11) is 0. The summed E-state index contributed by atoms with van der Waals surface area (Å²) in [5.74, 6) is -2.52. The molecule has 3 N–H and O–H groups in total. The van der Waals surface area contributed by atoms with Crippen molar-refractivity contribution in [1.29, 1.82) is 0 Å². The average molecular weight is 420 g/mol. The number of hydrogen-bond acceptors (Lipinski definition) is 1.